The second-order valence-electron chi connectivity index (χ2n) is 4.22. The number of carbonyl (C=O) groups excluding carboxylic acids is 1. The molecule has 0 bridgehead atoms. The van der Waals surface area contributed by atoms with Gasteiger partial charge in [-0.15, -0.1) is 11.3 Å². The number of hydrogen-bond acceptors (Lipinski definition) is 4. The summed E-state index contributed by atoms with van der Waals surface area (Å²) in [6, 6.07) is 5.53. The van der Waals surface area contributed by atoms with Gasteiger partial charge in [0.05, 0.1) is 6.04 Å². The van der Waals surface area contributed by atoms with Gasteiger partial charge in [-0.05, 0) is 31.4 Å². The molecule has 1 atom stereocenters. The van der Waals surface area contributed by atoms with Crippen molar-refractivity contribution in [2.45, 2.75) is 19.9 Å². The number of amides is 2. The maximum absolute atomic E-state index is 12.1. The summed E-state index contributed by atoms with van der Waals surface area (Å²) in [6.07, 6.45) is 1.63. The van der Waals surface area contributed by atoms with Gasteiger partial charge in [-0.2, -0.15) is 0 Å². The van der Waals surface area contributed by atoms with Crippen molar-refractivity contribution in [3.63, 3.8) is 0 Å². The largest absolute Gasteiger partial charge is 0.323 e. The van der Waals surface area contributed by atoms with Gasteiger partial charge >= 0.3 is 6.03 Å². The molecule has 0 aliphatic rings. The zero-order valence-electron chi connectivity index (χ0n) is 11.1. The van der Waals surface area contributed by atoms with Crippen LogP contribution in [0.3, 0.4) is 0 Å². The van der Waals surface area contributed by atoms with E-state index in [0.717, 1.165) is 4.88 Å². The molecule has 0 saturated carbocycles. The number of rotatable bonds is 3. The van der Waals surface area contributed by atoms with Crippen molar-refractivity contribution in [2.75, 3.05) is 12.4 Å². The molecule has 1 unspecified atom stereocenters. The third kappa shape index (κ3) is 3.29. The fraction of sp³-hybridized carbons (Fsp3) is 0.308. The summed E-state index contributed by atoms with van der Waals surface area (Å²) >= 11 is 1.64. The van der Waals surface area contributed by atoms with E-state index in [-0.39, 0.29) is 12.1 Å². The predicted octanol–water partition coefficient (Wildman–Crippen LogP) is 3.07. The fourth-order valence-electron chi connectivity index (χ4n) is 1.62. The Hall–Kier alpha value is -1.95. The Balaban J connectivity index is 2.03. The summed E-state index contributed by atoms with van der Waals surface area (Å²) < 4.78 is 0. The number of aromatic nitrogens is 2. The fourth-order valence-corrected chi connectivity index (χ4v) is 2.45. The van der Waals surface area contributed by atoms with E-state index in [1.807, 2.05) is 24.4 Å². The molecule has 6 heteroatoms. The maximum atomic E-state index is 12.1. The SMILES string of the molecule is Cc1nccc(NC(=O)N(C)C(C)c2cccs2)n1. The van der Waals surface area contributed by atoms with Crippen LogP contribution in [0.2, 0.25) is 0 Å². The van der Waals surface area contributed by atoms with E-state index in [2.05, 4.69) is 15.3 Å². The molecule has 0 fully saturated rings. The molecule has 5 nitrogen and oxygen atoms in total. The van der Waals surface area contributed by atoms with Crippen LogP contribution in [0, 0.1) is 6.92 Å². The molecule has 0 radical (unpaired) electrons. The normalized spacial score (nSPS) is 11.9. The lowest BCUT2D eigenvalue weighted by molar-refractivity contribution is 0.209. The van der Waals surface area contributed by atoms with Crippen molar-refractivity contribution in [1.82, 2.24) is 14.9 Å². The highest BCUT2D eigenvalue weighted by atomic mass is 32.1. The van der Waals surface area contributed by atoms with Crippen molar-refractivity contribution in [3.8, 4) is 0 Å². The smallest absolute Gasteiger partial charge is 0.320 e. The Morgan fingerprint density at radius 3 is 2.89 bits per heavy atom. The summed E-state index contributed by atoms with van der Waals surface area (Å²) in [5, 5.41) is 4.77. The third-order valence-corrected chi connectivity index (χ3v) is 3.91. The first-order valence-corrected chi connectivity index (χ1v) is 6.83. The minimum atomic E-state index is -0.181. The molecule has 0 aliphatic heterocycles. The molecule has 0 aliphatic carbocycles. The second kappa shape index (κ2) is 5.79. The molecular weight excluding hydrogens is 260 g/mol. The number of thiophene rings is 1. The molecule has 0 saturated heterocycles. The molecule has 2 rings (SSSR count). The Morgan fingerprint density at radius 1 is 1.47 bits per heavy atom. The Kier molecular flexibility index (Phi) is 4.11. The summed E-state index contributed by atoms with van der Waals surface area (Å²) in [7, 11) is 1.77. The van der Waals surface area contributed by atoms with Gasteiger partial charge in [0.25, 0.3) is 0 Å². The van der Waals surface area contributed by atoms with Crippen LogP contribution in [0.1, 0.15) is 23.7 Å². The van der Waals surface area contributed by atoms with E-state index >= 15 is 0 Å². The monoisotopic (exact) mass is 276 g/mol. The molecular formula is C13H16N4OS. The standard InChI is InChI=1S/C13H16N4OS/c1-9(11-5-4-8-19-11)17(3)13(18)16-12-6-7-14-10(2)15-12/h4-9H,1-3H3,(H,14,15,16,18). The number of nitrogens with one attached hydrogen (secondary N) is 1. The van der Waals surface area contributed by atoms with E-state index in [1.165, 1.54) is 0 Å². The van der Waals surface area contributed by atoms with Crippen molar-refractivity contribution in [2.24, 2.45) is 0 Å². The van der Waals surface area contributed by atoms with Gasteiger partial charge in [0.2, 0.25) is 0 Å². The van der Waals surface area contributed by atoms with Crippen LogP contribution in [-0.2, 0) is 0 Å². The van der Waals surface area contributed by atoms with Crippen LogP contribution in [0.5, 0.6) is 0 Å². The van der Waals surface area contributed by atoms with E-state index < -0.39 is 0 Å². The van der Waals surface area contributed by atoms with Gasteiger partial charge in [0, 0.05) is 18.1 Å². The van der Waals surface area contributed by atoms with Gasteiger partial charge in [-0.25, -0.2) is 14.8 Å². The maximum Gasteiger partial charge on any atom is 0.323 e. The zero-order valence-corrected chi connectivity index (χ0v) is 11.9. The lowest BCUT2D eigenvalue weighted by atomic mass is 10.2. The average molecular weight is 276 g/mol. The van der Waals surface area contributed by atoms with Gasteiger partial charge in [-0.3, -0.25) is 5.32 Å². The first kappa shape index (κ1) is 13.5. The summed E-state index contributed by atoms with van der Waals surface area (Å²) in [5.41, 5.74) is 0. The van der Waals surface area contributed by atoms with E-state index in [0.29, 0.717) is 11.6 Å². The Bertz CT molecular complexity index is 556. The Morgan fingerprint density at radius 2 is 2.26 bits per heavy atom. The number of urea groups is 1. The number of nitrogens with zero attached hydrogens (tertiary/aromatic N) is 3. The molecule has 1 N–H and O–H groups in total. The van der Waals surface area contributed by atoms with Crippen LogP contribution in [-0.4, -0.2) is 27.9 Å². The van der Waals surface area contributed by atoms with Crippen LogP contribution in [0.25, 0.3) is 0 Å². The summed E-state index contributed by atoms with van der Waals surface area (Å²) in [6.45, 7) is 3.78. The number of aryl methyl sites for hydroxylation is 1. The minimum absolute atomic E-state index is 0.0305. The van der Waals surface area contributed by atoms with Gasteiger partial charge in [0.15, 0.2) is 0 Å². The number of carbonyl (C=O) groups is 1. The highest BCUT2D eigenvalue weighted by molar-refractivity contribution is 7.10. The van der Waals surface area contributed by atoms with E-state index in [1.54, 1.807) is 42.5 Å². The Labute approximate surface area is 116 Å². The lowest BCUT2D eigenvalue weighted by Gasteiger charge is -2.24. The highest BCUT2D eigenvalue weighted by Gasteiger charge is 2.18. The molecule has 2 amide bonds. The summed E-state index contributed by atoms with van der Waals surface area (Å²) in [4.78, 5) is 23.1. The molecule has 0 aromatic carbocycles. The van der Waals surface area contributed by atoms with Crippen molar-refractivity contribution in [1.29, 1.82) is 0 Å². The number of anilines is 1. The molecule has 100 valence electrons. The molecule has 0 spiro atoms. The molecule has 2 heterocycles. The van der Waals surface area contributed by atoms with Crippen molar-refractivity contribution in [3.05, 3.63) is 40.5 Å². The predicted molar refractivity (Wildman–Crippen MR) is 76.3 cm³/mol. The minimum Gasteiger partial charge on any atom is -0.320 e. The summed E-state index contributed by atoms with van der Waals surface area (Å²) in [5.74, 6) is 1.15. The topological polar surface area (TPSA) is 58.1 Å². The van der Waals surface area contributed by atoms with E-state index in [4.69, 9.17) is 0 Å². The van der Waals surface area contributed by atoms with Crippen LogP contribution < -0.4 is 5.32 Å². The quantitative estimate of drug-likeness (QED) is 0.937. The van der Waals surface area contributed by atoms with Crippen LogP contribution in [0.15, 0.2) is 29.8 Å². The van der Waals surface area contributed by atoms with Crippen molar-refractivity contribution >= 4 is 23.2 Å². The third-order valence-electron chi connectivity index (χ3n) is 2.87. The first-order valence-electron chi connectivity index (χ1n) is 5.95. The number of hydrogen-bond donors (Lipinski definition) is 1. The van der Waals surface area contributed by atoms with Crippen molar-refractivity contribution < 1.29 is 4.79 Å². The highest BCUT2D eigenvalue weighted by Crippen LogP contribution is 2.23. The van der Waals surface area contributed by atoms with Gasteiger partial charge in [0.1, 0.15) is 11.6 Å². The second-order valence-corrected chi connectivity index (χ2v) is 5.20. The van der Waals surface area contributed by atoms with E-state index in [9.17, 15) is 4.79 Å². The zero-order chi connectivity index (χ0) is 13.8. The first-order chi connectivity index (χ1) is 9.08. The molecule has 2 aromatic heterocycles. The van der Waals surface area contributed by atoms with Crippen LogP contribution in [0.4, 0.5) is 10.6 Å². The van der Waals surface area contributed by atoms with Crippen LogP contribution >= 0.6 is 11.3 Å². The van der Waals surface area contributed by atoms with Gasteiger partial charge in [-0.1, -0.05) is 6.07 Å². The van der Waals surface area contributed by atoms with Gasteiger partial charge < -0.3 is 4.90 Å². The molecule has 19 heavy (non-hydrogen) atoms. The molecule has 2 aromatic rings. The average Bonchev–Trinajstić information content (AvgIpc) is 2.90. The lowest BCUT2D eigenvalue weighted by Crippen LogP contribution is -2.33.